The number of rotatable bonds is 7. The molecule has 3 aromatic rings. The fourth-order valence-corrected chi connectivity index (χ4v) is 2.64. The maximum Gasteiger partial charge on any atom is 0.248 e. The molecule has 25 heavy (non-hydrogen) atoms. The van der Waals surface area contributed by atoms with Crippen molar-refractivity contribution in [3.8, 4) is 11.3 Å². The maximum absolute atomic E-state index is 11.3. The minimum atomic E-state index is -0.430. The van der Waals surface area contributed by atoms with Crippen molar-refractivity contribution in [1.29, 1.82) is 0 Å². The number of benzene rings is 2. The van der Waals surface area contributed by atoms with E-state index in [1.807, 2.05) is 30.5 Å². The van der Waals surface area contributed by atoms with Crippen LogP contribution >= 0.6 is 0 Å². The number of amides is 1. The van der Waals surface area contributed by atoms with Gasteiger partial charge >= 0.3 is 0 Å². The average Bonchev–Trinajstić information content (AvgIpc) is 2.67. The highest BCUT2D eigenvalue weighted by Crippen LogP contribution is 2.18. The van der Waals surface area contributed by atoms with Gasteiger partial charge in [-0.05, 0) is 42.3 Å². The Labute approximate surface area is 147 Å². The molecule has 1 heterocycles. The highest BCUT2D eigenvalue weighted by molar-refractivity contribution is 5.93. The topological polar surface area (TPSA) is 68.0 Å². The van der Waals surface area contributed by atoms with E-state index >= 15 is 0 Å². The summed E-state index contributed by atoms with van der Waals surface area (Å²) in [5.41, 5.74) is 10.00. The van der Waals surface area contributed by atoms with Crippen LogP contribution in [0.3, 0.4) is 0 Å². The molecule has 0 saturated heterocycles. The molecule has 0 atom stereocenters. The Bertz CT molecular complexity index is 829. The summed E-state index contributed by atoms with van der Waals surface area (Å²) in [5, 5.41) is 3.43. The number of carbonyl (C=O) groups excluding carboxylic acids is 1. The Kier molecular flexibility index (Phi) is 5.54. The molecule has 0 saturated carbocycles. The molecule has 0 aliphatic rings. The van der Waals surface area contributed by atoms with Crippen LogP contribution in [0.25, 0.3) is 11.3 Å². The highest BCUT2D eigenvalue weighted by Gasteiger charge is 2.04. The molecule has 1 aromatic heterocycles. The van der Waals surface area contributed by atoms with E-state index in [4.69, 9.17) is 5.73 Å². The Balaban J connectivity index is 1.55. The van der Waals surface area contributed by atoms with Gasteiger partial charge in [-0.2, -0.15) is 0 Å². The molecule has 126 valence electrons. The lowest BCUT2D eigenvalue weighted by molar-refractivity contribution is 0.100. The number of carbonyl (C=O) groups is 1. The first-order valence-corrected chi connectivity index (χ1v) is 8.32. The van der Waals surface area contributed by atoms with Gasteiger partial charge in [-0.15, -0.1) is 0 Å². The van der Waals surface area contributed by atoms with Crippen LogP contribution in [-0.4, -0.2) is 17.4 Å². The van der Waals surface area contributed by atoms with E-state index in [1.165, 1.54) is 5.56 Å². The molecule has 0 bridgehead atoms. The van der Waals surface area contributed by atoms with Gasteiger partial charge in [0.2, 0.25) is 5.91 Å². The van der Waals surface area contributed by atoms with Crippen LogP contribution in [0, 0.1) is 0 Å². The molecule has 0 aliphatic carbocycles. The molecule has 0 radical (unpaired) electrons. The number of nitrogens with zero attached hydrogens (tertiary/aromatic N) is 1. The third-order valence-electron chi connectivity index (χ3n) is 4.03. The molecule has 0 fully saturated rings. The second-order valence-corrected chi connectivity index (χ2v) is 5.91. The lowest BCUT2D eigenvalue weighted by Gasteiger charge is -2.07. The highest BCUT2D eigenvalue weighted by atomic mass is 16.1. The molecule has 0 unspecified atom stereocenters. The molecule has 3 rings (SSSR count). The molecule has 2 aromatic carbocycles. The summed E-state index contributed by atoms with van der Waals surface area (Å²) in [6.07, 6.45) is 2.87. The van der Waals surface area contributed by atoms with E-state index in [9.17, 15) is 4.79 Å². The number of nitrogens with one attached hydrogen (secondary N) is 1. The summed E-state index contributed by atoms with van der Waals surface area (Å²) in [4.78, 5) is 15.8. The fraction of sp³-hybridized carbons (Fsp3) is 0.143. The minimum Gasteiger partial charge on any atom is -0.366 e. The summed E-state index contributed by atoms with van der Waals surface area (Å²) in [6, 6.07) is 21.7. The molecular weight excluding hydrogens is 310 g/mol. The zero-order valence-electron chi connectivity index (χ0n) is 14.0. The SMILES string of the molecule is NC(=O)c1cccc(-c2ccc(CNCCc3ccccc3)cn2)c1. The Morgan fingerprint density at radius 1 is 0.960 bits per heavy atom. The van der Waals surface area contributed by atoms with E-state index in [2.05, 4.69) is 40.6 Å². The molecule has 0 spiro atoms. The van der Waals surface area contributed by atoms with Gasteiger partial charge in [0.25, 0.3) is 0 Å². The minimum absolute atomic E-state index is 0.430. The zero-order chi connectivity index (χ0) is 17.5. The number of aromatic nitrogens is 1. The van der Waals surface area contributed by atoms with E-state index in [1.54, 1.807) is 12.1 Å². The Morgan fingerprint density at radius 3 is 2.52 bits per heavy atom. The molecule has 1 amide bonds. The first-order valence-electron chi connectivity index (χ1n) is 8.32. The van der Waals surface area contributed by atoms with Crippen molar-refractivity contribution < 1.29 is 4.79 Å². The third-order valence-corrected chi connectivity index (χ3v) is 4.03. The van der Waals surface area contributed by atoms with Crippen LogP contribution in [0.5, 0.6) is 0 Å². The van der Waals surface area contributed by atoms with Gasteiger partial charge in [0.15, 0.2) is 0 Å². The van der Waals surface area contributed by atoms with Crippen LogP contribution in [-0.2, 0) is 13.0 Å². The average molecular weight is 331 g/mol. The number of hydrogen-bond donors (Lipinski definition) is 2. The Morgan fingerprint density at radius 2 is 1.80 bits per heavy atom. The van der Waals surface area contributed by atoms with Crippen molar-refractivity contribution in [3.05, 3.63) is 89.6 Å². The summed E-state index contributed by atoms with van der Waals surface area (Å²) >= 11 is 0. The van der Waals surface area contributed by atoms with Crippen molar-refractivity contribution in [2.75, 3.05) is 6.54 Å². The Hall–Kier alpha value is -2.98. The third kappa shape index (κ3) is 4.75. The lowest BCUT2D eigenvalue weighted by Crippen LogP contribution is -2.16. The van der Waals surface area contributed by atoms with Crippen LogP contribution in [0.1, 0.15) is 21.5 Å². The van der Waals surface area contributed by atoms with Gasteiger partial charge in [0.1, 0.15) is 0 Å². The van der Waals surface area contributed by atoms with Gasteiger partial charge < -0.3 is 11.1 Å². The second kappa shape index (κ2) is 8.22. The van der Waals surface area contributed by atoms with Crippen LogP contribution in [0.4, 0.5) is 0 Å². The van der Waals surface area contributed by atoms with E-state index in [0.717, 1.165) is 36.3 Å². The van der Waals surface area contributed by atoms with Crippen LogP contribution in [0.2, 0.25) is 0 Å². The smallest absolute Gasteiger partial charge is 0.248 e. The quantitative estimate of drug-likeness (QED) is 0.653. The van der Waals surface area contributed by atoms with Crippen molar-refractivity contribution in [3.63, 3.8) is 0 Å². The van der Waals surface area contributed by atoms with Gasteiger partial charge in [0.05, 0.1) is 5.69 Å². The predicted molar refractivity (Wildman–Crippen MR) is 100 cm³/mol. The summed E-state index contributed by atoms with van der Waals surface area (Å²) < 4.78 is 0. The molecule has 3 N–H and O–H groups in total. The molecular formula is C21H21N3O. The number of hydrogen-bond acceptors (Lipinski definition) is 3. The molecule has 4 nitrogen and oxygen atoms in total. The van der Waals surface area contributed by atoms with E-state index in [-0.39, 0.29) is 0 Å². The van der Waals surface area contributed by atoms with E-state index in [0.29, 0.717) is 5.56 Å². The largest absolute Gasteiger partial charge is 0.366 e. The standard InChI is InChI=1S/C21H21N3O/c22-21(25)19-8-4-7-18(13-19)20-10-9-17(15-24-20)14-23-12-11-16-5-2-1-3-6-16/h1-10,13,15,23H,11-12,14H2,(H2,22,25). The normalized spacial score (nSPS) is 10.6. The summed E-state index contributed by atoms with van der Waals surface area (Å²) in [7, 11) is 0. The number of pyridine rings is 1. The monoisotopic (exact) mass is 331 g/mol. The van der Waals surface area contributed by atoms with Gasteiger partial charge in [0, 0.05) is 23.9 Å². The first-order chi connectivity index (χ1) is 12.2. The van der Waals surface area contributed by atoms with Crippen molar-refractivity contribution >= 4 is 5.91 Å². The fourth-order valence-electron chi connectivity index (χ4n) is 2.64. The lowest BCUT2D eigenvalue weighted by atomic mass is 10.1. The van der Waals surface area contributed by atoms with Gasteiger partial charge in [-0.25, -0.2) is 0 Å². The second-order valence-electron chi connectivity index (χ2n) is 5.91. The van der Waals surface area contributed by atoms with Gasteiger partial charge in [-0.1, -0.05) is 48.5 Å². The van der Waals surface area contributed by atoms with Crippen LogP contribution < -0.4 is 11.1 Å². The van der Waals surface area contributed by atoms with Crippen molar-refractivity contribution in [2.24, 2.45) is 5.73 Å². The first kappa shape index (κ1) is 16.9. The van der Waals surface area contributed by atoms with Gasteiger partial charge in [-0.3, -0.25) is 9.78 Å². The van der Waals surface area contributed by atoms with E-state index < -0.39 is 5.91 Å². The summed E-state index contributed by atoms with van der Waals surface area (Å²) in [5.74, 6) is -0.430. The zero-order valence-corrected chi connectivity index (χ0v) is 14.0. The summed E-state index contributed by atoms with van der Waals surface area (Å²) in [6.45, 7) is 1.70. The molecule has 0 aliphatic heterocycles. The number of nitrogens with two attached hydrogens (primary N) is 1. The molecule has 4 heteroatoms. The van der Waals surface area contributed by atoms with Crippen LogP contribution in [0.15, 0.2) is 72.9 Å². The number of primary amides is 1. The van der Waals surface area contributed by atoms with Crippen molar-refractivity contribution in [1.82, 2.24) is 10.3 Å². The van der Waals surface area contributed by atoms with Crippen molar-refractivity contribution in [2.45, 2.75) is 13.0 Å². The predicted octanol–water partition coefficient (Wildman–Crippen LogP) is 3.18. The maximum atomic E-state index is 11.3.